The van der Waals surface area contributed by atoms with Gasteiger partial charge >= 0.3 is 0 Å². The first-order valence-corrected chi connectivity index (χ1v) is 52.3. The maximum absolute atomic E-state index is 12.6. The number of carbonyl (C=O) groups is 5. The minimum absolute atomic E-state index is 0.00103. The maximum Gasteiger partial charge on any atom is 0.224 e. The lowest BCUT2D eigenvalue weighted by Crippen LogP contribution is -2.45. The van der Waals surface area contributed by atoms with Crippen LogP contribution in [0.4, 0.5) is 5.69 Å². The number of benzene rings is 6. The summed E-state index contributed by atoms with van der Waals surface area (Å²) < 4.78 is 0. The Balaban J connectivity index is 0.000000263. The number of para-hydroxylation sites is 1. The molecular weight excluding hydrogens is 1700 g/mol. The van der Waals surface area contributed by atoms with Crippen LogP contribution in [0.3, 0.4) is 0 Å². The summed E-state index contributed by atoms with van der Waals surface area (Å²) in [5.41, 5.74) is 14.7. The number of carbonyl (C=O) groups excluding carboxylic acids is 5. The summed E-state index contributed by atoms with van der Waals surface area (Å²) in [6.45, 7) is 73.4. The highest BCUT2D eigenvalue weighted by molar-refractivity contribution is 5.91. The van der Waals surface area contributed by atoms with E-state index in [1.165, 1.54) is 57.8 Å². The Hall–Kier alpha value is -8.37. The topological polar surface area (TPSA) is 267 Å². The van der Waals surface area contributed by atoms with Gasteiger partial charge in [-0.2, -0.15) is 0 Å². The molecule has 0 spiro atoms. The molecule has 4 aliphatic rings. The van der Waals surface area contributed by atoms with Crippen LogP contribution in [0.25, 0.3) is 0 Å². The summed E-state index contributed by atoms with van der Waals surface area (Å²) in [5.74, 6) is 4.60. The molecule has 6 aromatic rings. The molecule has 2 atom stereocenters. The van der Waals surface area contributed by atoms with Crippen LogP contribution in [0.5, 0.6) is 28.7 Å². The normalized spacial score (nSPS) is 18.4. The van der Waals surface area contributed by atoms with Crippen molar-refractivity contribution in [3.8, 4) is 28.7 Å². The van der Waals surface area contributed by atoms with Crippen molar-refractivity contribution < 1.29 is 54.6 Å². The second-order valence-electron chi connectivity index (χ2n) is 52.5. The van der Waals surface area contributed by atoms with Crippen LogP contribution in [0, 0.1) is 23.2 Å². The number of phenols is 5. The molecular formula is C121H191N5O11. The molecule has 0 saturated heterocycles. The molecule has 0 radical (unpaired) electrons. The van der Waals surface area contributed by atoms with Crippen LogP contribution < -0.4 is 26.6 Å². The predicted molar refractivity (Wildman–Crippen MR) is 573 cm³/mol. The number of phenolic OH excluding ortho intramolecular Hbond substituents is 5. The average molecular weight is 1890 g/mol. The van der Waals surface area contributed by atoms with Crippen molar-refractivity contribution >= 4 is 35.2 Å². The summed E-state index contributed by atoms with van der Waals surface area (Å²) in [6.07, 6.45) is 24.7. The van der Waals surface area contributed by atoms with E-state index >= 15 is 0 Å². The summed E-state index contributed by atoms with van der Waals surface area (Å²) in [6, 6.07) is 30.7. The number of nitrogens with one attached hydrogen (secondary N) is 5. The summed E-state index contributed by atoms with van der Waals surface area (Å²) in [5, 5.41) is 79.7. The van der Waals surface area contributed by atoms with Crippen molar-refractivity contribution in [3.05, 3.63) is 174 Å². The van der Waals surface area contributed by atoms with Gasteiger partial charge in [-0.1, -0.05) is 346 Å². The second kappa shape index (κ2) is 48.9. The third kappa shape index (κ3) is 37.9. The van der Waals surface area contributed by atoms with Crippen LogP contribution in [-0.4, -0.2) is 90.9 Å². The van der Waals surface area contributed by atoms with Gasteiger partial charge in [-0.25, -0.2) is 0 Å². The molecule has 4 fully saturated rings. The van der Waals surface area contributed by atoms with E-state index in [0.29, 0.717) is 116 Å². The number of aromatic hydroxyl groups is 5. The molecule has 0 heterocycles. The van der Waals surface area contributed by atoms with Crippen molar-refractivity contribution in [3.63, 3.8) is 0 Å². The fourth-order valence-corrected chi connectivity index (χ4v) is 19.3. The molecule has 10 rings (SSSR count). The Kier molecular flexibility index (Phi) is 41.9. The van der Waals surface area contributed by atoms with Gasteiger partial charge in [0.05, 0.1) is 12.1 Å². The van der Waals surface area contributed by atoms with E-state index in [4.69, 9.17) is 0 Å². The molecule has 2 unspecified atom stereocenters. The smallest absolute Gasteiger partial charge is 0.224 e. The van der Waals surface area contributed by atoms with Gasteiger partial charge < -0.3 is 57.2 Å². The molecule has 5 amide bonds. The number of anilines is 1. The molecule has 0 aliphatic heterocycles. The zero-order valence-electron chi connectivity index (χ0n) is 92.2. The highest BCUT2D eigenvalue weighted by atomic mass is 16.3. The van der Waals surface area contributed by atoms with Gasteiger partial charge in [0.25, 0.3) is 0 Å². The Morgan fingerprint density at radius 3 is 0.810 bits per heavy atom. The molecule has 0 bridgehead atoms. The Bertz CT molecular complexity index is 4720. The summed E-state index contributed by atoms with van der Waals surface area (Å²) in [4.78, 5) is 62.0. The van der Waals surface area contributed by atoms with Crippen LogP contribution in [0.2, 0.25) is 0 Å². The molecule has 0 aromatic heterocycles. The van der Waals surface area contributed by atoms with Gasteiger partial charge in [-0.15, -0.1) is 0 Å². The number of aliphatic hydroxyl groups excluding tert-OH is 1. The molecule has 4 saturated carbocycles. The molecule has 137 heavy (non-hydrogen) atoms. The van der Waals surface area contributed by atoms with Crippen molar-refractivity contribution in [1.82, 2.24) is 21.3 Å². The largest absolute Gasteiger partial charge is 0.507 e. The van der Waals surface area contributed by atoms with E-state index in [2.05, 4.69) is 298 Å². The average Bonchev–Trinajstić information content (AvgIpc) is 0.798. The lowest BCUT2D eigenvalue weighted by atomic mass is 9.71. The first-order valence-electron chi connectivity index (χ1n) is 52.3. The number of aryl methyl sites for hydroxylation is 5. The summed E-state index contributed by atoms with van der Waals surface area (Å²) in [7, 11) is 0. The zero-order valence-corrected chi connectivity index (χ0v) is 92.2. The Morgan fingerprint density at radius 1 is 0.292 bits per heavy atom. The maximum atomic E-state index is 12.6. The van der Waals surface area contributed by atoms with E-state index in [-0.39, 0.29) is 89.7 Å². The van der Waals surface area contributed by atoms with Gasteiger partial charge in [-0.3, -0.25) is 24.0 Å². The van der Waals surface area contributed by atoms with E-state index in [0.717, 1.165) is 159 Å². The highest BCUT2D eigenvalue weighted by Crippen LogP contribution is 2.47. The van der Waals surface area contributed by atoms with Gasteiger partial charge in [0.15, 0.2) is 0 Å². The number of rotatable bonds is 21. The number of amides is 5. The van der Waals surface area contributed by atoms with E-state index in [9.17, 15) is 54.6 Å². The van der Waals surface area contributed by atoms with E-state index in [1.807, 2.05) is 54.6 Å². The lowest BCUT2D eigenvalue weighted by Gasteiger charge is -2.37. The molecule has 16 heteroatoms. The minimum atomic E-state index is -0.420. The zero-order chi connectivity index (χ0) is 103. The Morgan fingerprint density at radius 2 is 0.540 bits per heavy atom. The molecule has 11 N–H and O–H groups in total. The Labute approximate surface area is 831 Å². The van der Waals surface area contributed by atoms with E-state index < -0.39 is 6.10 Å². The van der Waals surface area contributed by atoms with Crippen molar-refractivity contribution in [1.29, 1.82) is 0 Å². The minimum Gasteiger partial charge on any atom is -0.507 e. The van der Waals surface area contributed by atoms with Gasteiger partial charge in [0.1, 0.15) is 28.7 Å². The first-order chi connectivity index (χ1) is 62.8. The van der Waals surface area contributed by atoms with Crippen molar-refractivity contribution in [2.24, 2.45) is 23.2 Å². The quantitative estimate of drug-likeness (QED) is 0.0323. The standard InChI is InChI=1S/C27H45NO2.2C24H39NO2.C23H37NO3.C23H31NO2/c1-25(2,3)19-11-13-20(14-12-19)28-23(29)15-10-18-16-21(26(4,5)6)24(30)22(17-18)27(7,8)9;1-16-8-11-18(12-9-16)25-21(26)13-10-17-14-19(23(2,3)4)22(27)20(15-17)24(5,6)7;1-23(2,3)19-14-18(15-20(22(19)27)24(4,5)6)12-13-21(26)25-16-17-10-8-7-9-11-17;1-22(2,3)16-13-15(14-17(21(16)27)23(4,5)6)11-12-20(26)24-18-9-7-8-10-19(18)25;1-22(2,3)18-14-16(15-19(21(18)26)23(4,5)6)12-13-20(25)24-17-10-8-7-9-11-17/h16-17,19-20,30H,10-15H2,1-9H3,(H,28,29);14-16,18,27H,8-13H2,1-7H3,(H,25,26);14-15,17,27H,7-13,16H2,1-6H3,(H,25,26);13-14,18-19,25,27H,7-12H2,1-6H3,(H,24,26);7-11,14-15,26H,12-13H2,1-6H3,(H,24,25). The fourth-order valence-electron chi connectivity index (χ4n) is 19.3. The monoisotopic (exact) mass is 1890 g/mol. The SMILES string of the molecule is CC(C)(C)c1cc(CCC(=O)NC2CCC(C(C)(C)C)CC2)cc(C(C)(C)C)c1O.CC(C)(C)c1cc(CCC(=O)NC2CCCCC2O)cc(C(C)(C)C)c1O.CC(C)(C)c1cc(CCC(=O)NCC2CCCCC2)cc(C(C)(C)C)c1O.CC(C)(C)c1cc(CCC(=O)Nc2ccccc2)cc(C(C)(C)C)c1O.CC1CCC(NC(=O)CCc2cc(C(C)(C)C)c(O)c(C(C)(C)C)c2)CC1. The second-order valence-corrected chi connectivity index (χ2v) is 52.5. The van der Waals surface area contributed by atoms with Crippen molar-refractivity contribution in [2.75, 3.05) is 11.9 Å². The van der Waals surface area contributed by atoms with Gasteiger partial charge in [0, 0.05) is 56.4 Å². The predicted octanol–water partition coefficient (Wildman–Crippen LogP) is 27.8. The third-order valence-electron chi connectivity index (χ3n) is 28.3. The molecule has 16 nitrogen and oxygen atoms in total. The van der Waals surface area contributed by atoms with Gasteiger partial charge in [0.2, 0.25) is 29.5 Å². The highest BCUT2D eigenvalue weighted by Gasteiger charge is 2.36. The third-order valence-corrected chi connectivity index (χ3v) is 28.3. The molecule has 6 aromatic carbocycles. The van der Waals surface area contributed by atoms with Crippen LogP contribution in [0.15, 0.2) is 91.0 Å². The van der Waals surface area contributed by atoms with Crippen LogP contribution >= 0.6 is 0 Å². The van der Waals surface area contributed by atoms with Crippen LogP contribution in [0.1, 0.15) is 460 Å². The first kappa shape index (κ1) is 117. The summed E-state index contributed by atoms with van der Waals surface area (Å²) >= 11 is 0. The number of hydrogen-bond acceptors (Lipinski definition) is 11. The van der Waals surface area contributed by atoms with Crippen molar-refractivity contribution in [2.45, 2.75) is 487 Å². The number of aliphatic hydroxyl groups is 1. The number of hydrogen-bond donors (Lipinski definition) is 11. The molecule has 766 valence electrons. The fraction of sp³-hybridized carbons (Fsp3) is 0.661. The van der Waals surface area contributed by atoms with Crippen LogP contribution in [-0.2, 0) is 110 Å². The van der Waals surface area contributed by atoms with Gasteiger partial charge in [-0.05, 0) is 282 Å². The van der Waals surface area contributed by atoms with E-state index in [1.54, 1.807) is 0 Å². The molecule has 4 aliphatic carbocycles. The lowest BCUT2D eigenvalue weighted by molar-refractivity contribution is -0.123.